The highest BCUT2D eigenvalue weighted by molar-refractivity contribution is 6.12. The van der Waals surface area contributed by atoms with Crippen LogP contribution in [0.25, 0.3) is 10.9 Å². The average molecular weight is 548 g/mol. The third-order valence-corrected chi connectivity index (χ3v) is 6.85. The summed E-state index contributed by atoms with van der Waals surface area (Å²) in [5.41, 5.74) is 4.24. The summed E-state index contributed by atoms with van der Waals surface area (Å²) in [6, 6.07) is 28.7. The number of nitro benzene ring substituents is 1. The number of carbonyl (C=O) groups is 2. The maximum Gasteiger partial charge on any atom is 0.275 e. The minimum Gasteiger partial charge on any atom is -0.378 e. The largest absolute Gasteiger partial charge is 0.378 e. The zero-order valence-corrected chi connectivity index (χ0v) is 22.9. The molecule has 2 N–H and O–H groups in total. The number of H-pyrrole nitrogens is 1. The van der Waals surface area contributed by atoms with Gasteiger partial charge in [-0.05, 0) is 55.0 Å². The second kappa shape index (κ2) is 11.4. The predicted octanol–water partition coefficient (Wildman–Crippen LogP) is 6.48. The number of carbonyl (C=O) groups excluding carboxylic acids is 2. The van der Waals surface area contributed by atoms with Crippen LogP contribution in [0.2, 0.25) is 0 Å². The Balaban J connectivity index is 1.64. The first-order chi connectivity index (χ1) is 19.7. The second-order valence-corrected chi connectivity index (χ2v) is 9.97. The number of hydrogen-bond donors (Lipinski definition) is 2. The molecule has 0 unspecified atom stereocenters. The molecule has 9 nitrogen and oxygen atoms in total. The Kier molecular flexibility index (Phi) is 7.51. The number of non-ortho nitro benzene ring substituents is 1. The topological polar surface area (TPSA) is 112 Å². The van der Waals surface area contributed by atoms with Crippen molar-refractivity contribution in [3.8, 4) is 0 Å². The quantitative estimate of drug-likeness (QED) is 0.171. The van der Waals surface area contributed by atoms with E-state index in [0.717, 1.165) is 22.2 Å². The highest BCUT2D eigenvalue weighted by Gasteiger charge is 2.34. The van der Waals surface area contributed by atoms with Gasteiger partial charge in [-0.25, -0.2) is 0 Å². The number of fused-ring (bicyclic) bond motifs is 1. The Bertz CT molecular complexity index is 1690. The summed E-state index contributed by atoms with van der Waals surface area (Å²) in [6.45, 7) is 1.94. The van der Waals surface area contributed by atoms with E-state index in [0.29, 0.717) is 16.9 Å². The lowest BCUT2D eigenvalue weighted by atomic mass is 10.0. The van der Waals surface area contributed by atoms with Crippen molar-refractivity contribution < 1.29 is 14.5 Å². The van der Waals surface area contributed by atoms with Crippen LogP contribution >= 0.6 is 0 Å². The number of aryl methyl sites for hydroxylation is 1. The first-order valence-electron chi connectivity index (χ1n) is 13.0. The smallest absolute Gasteiger partial charge is 0.275 e. The number of nitro groups is 1. The summed E-state index contributed by atoms with van der Waals surface area (Å²) in [6.07, 6.45) is 0. The molecule has 206 valence electrons. The zero-order chi connectivity index (χ0) is 29.1. The predicted molar refractivity (Wildman–Crippen MR) is 162 cm³/mol. The molecule has 0 fully saturated rings. The van der Waals surface area contributed by atoms with Crippen molar-refractivity contribution >= 4 is 45.5 Å². The highest BCUT2D eigenvalue weighted by Crippen LogP contribution is 2.33. The second-order valence-electron chi connectivity index (χ2n) is 9.97. The Hall–Kier alpha value is -5.44. The molecule has 0 aliphatic heterocycles. The van der Waals surface area contributed by atoms with Gasteiger partial charge in [0.25, 0.3) is 17.5 Å². The number of nitrogens with one attached hydrogen (secondary N) is 2. The number of nitrogens with zero attached hydrogens (tertiary/aromatic N) is 3. The van der Waals surface area contributed by atoms with E-state index in [-0.39, 0.29) is 11.4 Å². The molecule has 5 rings (SSSR count). The van der Waals surface area contributed by atoms with E-state index in [1.807, 2.05) is 86.6 Å². The summed E-state index contributed by atoms with van der Waals surface area (Å²) >= 11 is 0. The molecule has 41 heavy (non-hydrogen) atoms. The Morgan fingerprint density at radius 3 is 2.20 bits per heavy atom. The molecule has 2 amide bonds. The van der Waals surface area contributed by atoms with E-state index >= 15 is 0 Å². The van der Waals surface area contributed by atoms with Gasteiger partial charge in [0.15, 0.2) is 0 Å². The molecule has 0 aliphatic rings. The van der Waals surface area contributed by atoms with Crippen LogP contribution in [0, 0.1) is 17.0 Å². The number of rotatable bonds is 8. The minimum absolute atomic E-state index is 0.153. The van der Waals surface area contributed by atoms with Crippen LogP contribution in [0.15, 0.2) is 103 Å². The maximum atomic E-state index is 14.3. The Morgan fingerprint density at radius 1 is 0.854 bits per heavy atom. The maximum absolute atomic E-state index is 14.3. The van der Waals surface area contributed by atoms with E-state index in [9.17, 15) is 19.7 Å². The first-order valence-corrected chi connectivity index (χ1v) is 13.0. The first kappa shape index (κ1) is 27.1. The lowest BCUT2D eigenvalue weighted by Gasteiger charge is -2.31. The van der Waals surface area contributed by atoms with Crippen molar-refractivity contribution in [3.05, 3.63) is 130 Å². The van der Waals surface area contributed by atoms with Crippen LogP contribution in [-0.2, 0) is 4.79 Å². The van der Waals surface area contributed by atoms with Gasteiger partial charge < -0.3 is 15.2 Å². The molecule has 1 heterocycles. The molecule has 4 aromatic carbocycles. The summed E-state index contributed by atoms with van der Waals surface area (Å²) in [5.74, 6) is -0.922. The average Bonchev–Trinajstić information content (AvgIpc) is 3.41. The van der Waals surface area contributed by atoms with Crippen molar-refractivity contribution in [3.63, 3.8) is 0 Å². The molecule has 1 aromatic heterocycles. The normalized spacial score (nSPS) is 11.6. The third-order valence-electron chi connectivity index (χ3n) is 6.85. The van der Waals surface area contributed by atoms with Crippen LogP contribution in [0.1, 0.15) is 27.7 Å². The van der Waals surface area contributed by atoms with Gasteiger partial charge >= 0.3 is 0 Å². The molecular formula is C32H29N5O4. The monoisotopic (exact) mass is 547 g/mol. The van der Waals surface area contributed by atoms with E-state index in [1.54, 1.807) is 24.3 Å². The Morgan fingerprint density at radius 2 is 1.54 bits per heavy atom. The third kappa shape index (κ3) is 5.79. The molecular weight excluding hydrogens is 518 g/mol. The van der Waals surface area contributed by atoms with Crippen LogP contribution < -0.4 is 15.1 Å². The number of aromatic nitrogens is 1. The van der Waals surface area contributed by atoms with Crippen molar-refractivity contribution in [2.24, 2.45) is 0 Å². The number of benzene rings is 4. The number of para-hydroxylation sites is 1. The lowest BCUT2D eigenvalue weighted by Crippen LogP contribution is -2.41. The fourth-order valence-electron chi connectivity index (χ4n) is 4.69. The molecule has 0 saturated carbocycles. The molecule has 0 aliphatic carbocycles. The molecule has 5 aromatic rings. The minimum atomic E-state index is -1.10. The van der Waals surface area contributed by atoms with Gasteiger partial charge in [0.05, 0.1) is 4.92 Å². The molecule has 9 heteroatoms. The van der Waals surface area contributed by atoms with Gasteiger partial charge in [-0.3, -0.25) is 24.6 Å². The summed E-state index contributed by atoms with van der Waals surface area (Å²) < 4.78 is 0. The lowest BCUT2D eigenvalue weighted by molar-refractivity contribution is -0.384. The van der Waals surface area contributed by atoms with Crippen LogP contribution in [0.3, 0.4) is 0 Å². The van der Waals surface area contributed by atoms with Crippen molar-refractivity contribution in [2.75, 3.05) is 29.2 Å². The van der Waals surface area contributed by atoms with Crippen molar-refractivity contribution in [2.45, 2.75) is 13.0 Å². The van der Waals surface area contributed by atoms with Gasteiger partial charge in [0.1, 0.15) is 11.7 Å². The van der Waals surface area contributed by atoms with Gasteiger partial charge in [0, 0.05) is 54.2 Å². The van der Waals surface area contributed by atoms with Crippen LogP contribution in [0.5, 0.6) is 0 Å². The SMILES string of the molecule is Cc1ccc(N(C(=O)c2cc3ccccc3[nH]2)[C@H](C(=O)Nc2cccc([N+](=O)[O-])c2)c2ccc(N(C)C)cc2)cc1. The zero-order valence-electron chi connectivity index (χ0n) is 22.9. The highest BCUT2D eigenvalue weighted by atomic mass is 16.6. The van der Waals surface area contributed by atoms with Crippen LogP contribution in [0.4, 0.5) is 22.7 Å². The fraction of sp³-hybridized carbons (Fsp3) is 0.125. The number of anilines is 3. The molecule has 1 atom stereocenters. The van der Waals surface area contributed by atoms with E-state index in [1.165, 1.54) is 23.1 Å². The van der Waals surface area contributed by atoms with Gasteiger partial charge in [-0.2, -0.15) is 0 Å². The molecule has 0 radical (unpaired) electrons. The number of hydrogen-bond acceptors (Lipinski definition) is 5. The molecule has 0 spiro atoms. The fourth-order valence-corrected chi connectivity index (χ4v) is 4.69. The number of amides is 2. The standard InChI is InChI=1S/C32H29N5O4/c1-21-11-15-26(16-12-21)36(32(39)29-19-23-7-4-5-10-28(23)34-29)30(22-13-17-25(18-14-22)35(2)3)31(38)33-24-8-6-9-27(20-24)37(40)41/h4-20,30,34H,1-3H3,(H,33,38)/t30-/m0/s1. The summed E-state index contributed by atoms with van der Waals surface area (Å²) in [4.78, 5) is 45.8. The van der Waals surface area contributed by atoms with E-state index in [4.69, 9.17) is 0 Å². The van der Waals surface area contributed by atoms with E-state index < -0.39 is 22.8 Å². The van der Waals surface area contributed by atoms with E-state index in [2.05, 4.69) is 10.3 Å². The summed E-state index contributed by atoms with van der Waals surface area (Å²) in [5, 5.41) is 15.0. The van der Waals surface area contributed by atoms with Gasteiger partial charge in [-0.15, -0.1) is 0 Å². The molecule has 0 bridgehead atoms. The van der Waals surface area contributed by atoms with Gasteiger partial charge in [-0.1, -0.05) is 54.1 Å². The van der Waals surface area contributed by atoms with Crippen LogP contribution in [-0.4, -0.2) is 35.8 Å². The van der Waals surface area contributed by atoms with Gasteiger partial charge in [0.2, 0.25) is 0 Å². The van der Waals surface area contributed by atoms with Crippen molar-refractivity contribution in [1.82, 2.24) is 4.98 Å². The summed E-state index contributed by atoms with van der Waals surface area (Å²) in [7, 11) is 3.83. The van der Waals surface area contributed by atoms with Crippen molar-refractivity contribution in [1.29, 1.82) is 0 Å². The number of aromatic amines is 1. The molecule has 0 saturated heterocycles. The Labute approximate surface area is 237 Å².